The lowest BCUT2D eigenvalue weighted by Crippen LogP contribution is -2.48. The molecule has 1 aliphatic rings. The number of nitrogens with one attached hydrogen (secondary N) is 1. The number of carbonyl (C=O) groups is 1. The topological polar surface area (TPSA) is 52.6 Å². The van der Waals surface area contributed by atoms with Crippen LogP contribution >= 0.6 is 11.8 Å². The van der Waals surface area contributed by atoms with Gasteiger partial charge in [0.2, 0.25) is 5.91 Å². The molecule has 2 N–H and O–H groups in total. The number of likely N-dealkylation sites (tertiary alicyclic amines) is 1. The number of nitrogens with zero attached hydrogens (tertiary/aromatic N) is 1. The zero-order valence-electron chi connectivity index (χ0n) is 13.4. The van der Waals surface area contributed by atoms with Crippen molar-refractivity contribution in [2.75, 3.05) is 25.1 Å². The van der Waals surface area contributed by atoms with Crippen LogP contribution in [0.3, 0.4) is 0 Å². The number of rotatable bonds is 7. The number of hydrogen-bond donors (Lipinski definition) is 2. The molecule has 2 unspecified atom stereocenters. The Morgan fingerprint density at radius 1 is 1.45 bits per heavy atom. The number of thioether (sulfide) groups is 1. The molecule has 122 valence electrons. The maximum atomic E-state index is 12.4. The lowest BCUT2D eigenvalue weighted by molar-refractivity contribution is -0.126. The summed E-state index contributed by atoms with van der Waals surface area (Å²) < 4.78 is 0. The van der Waals surface area contributed by atoms with Gasteiger partial charge in [0.25, 0.3) is 0 Å². The Balaban J connectivity index is 1.88. The Hall–Kier alpha value is -1.04. The largest absolute Gasteiger partial charge is 0.387 e. The van der Waals surface area contributed by atoms with Crippen molar-refractivity contribution in [1.29, 1.82) is 0 Å². The Labute approximate surface area is 137 Å². The second-order valence-electron chi connectivity index (χ2n) is 6.26. The molecule has 1 heterocycles. The third-order valence-electron chi connectivity index (χ3n) is 3.99. The van der Waals surface area contributed by atoms with Gasteiger partial charge in [-0.15, -0.1) is 0 Å². The van der Waals surface area contributed by atoms with Crippen molar-refractivity contribution in [3.63, 3.8) is 0 Å². The fourth-order valence-corrected chi connectivity index (χ4v) is 3.61. The van der Waals surface area contributed by atoms with Crippen LogP contribution in [-0.4, -0.2) is 52.7 Å². The maximum absolute atomic E-state index is 12.4. The minimum absolute atomic E-state index is 0.0369. The van der Waals surface area contributed by atoms with Gasteiger partial charge >= 0.3 is 0 Å². The van der Waals surface area contributed by atoms with Crippen LogP contribution in [0.4, 0.5) is 0 Å². The molecule has 1 fully saturated rings. The molecule has 1 saturated heterocycles. The van der Waals surface area contributed by atoms with Gasteiger partial charge < -0.3 is 10.4 Å². The predicted octanol–water partition coefficient (Wildman–Crippen LogP) is 1.88. The smallest absolute Gasteiger partial charge is 0.237 e. The predicted molar refractivity (Wildman–Crippen MR) is 91.9 cm³/mol. The summed E-state index contributed by atoms with van der Waals surface area (Å²) in [4.78, 5) is 14.7. The van der Waals surface area contributed by atoms with E-state index in [1.165, 1.54) is 5.56 Å². The first kappa shape index (κ1) is 17.3. The van der Waals surface area contributed by atoms with Crippen LogP contribution in [0.1, 0.15) is 25.3 Å². The minimum Gasteiger partial charge on any atom is -0.387 e. The molecule has 1 aliphatic heterocycles. The molecule has 0 aliphatic carbocycles. The summed E-state index contributed by atoms with van der Waals surface area (Å²) >= 11 is 1.58. The molecule has 2 atom stereocenters. The molecule has 0 bridgehead atoms. The third kappa shape index (κ3) is 5.00. The van der Waals surface area contributed by atoms with Gasteiger partial charge in [0.15, 0.2) is 0 Å². The van der Waals surface area contributed by atoms with E-state index >= 15 is 0 Å². The maximum Gasteiger partial charge on any atom is 0.237 e. The Kier molecular flexibility index (Phi) is 6.29. The van der Waals surface area contributed by atoms with E-state index in [1.54, 1.807) is 18.7 Å². The van der Waals surface area contributed by atoms with Crippen LogP contribution < -0.4 is 5.32 Å². The number of amides is 1. The van der Waals surface area contributed by atoms with Gasteiger partial charge in [-0.25, -0.2) is 0 Å². The van der Waals surface area contributed by atoms with Crippen molar-refractivity contribution in [2.45, 2.75) is 38.0 Å². The Bertz CT molecular complexity index is 479. The first-order chi connectivity index (χ1) is 10.5. The lowest BCUT2D eigenvalue weighted by Gasteiger charge is -2.27. The van der Waals surface area contributed by atoms with Crippen LogP contribution in [0.5, 0.6) is 0 Å². The van der Waals surface area contributed by atoms with E-state index in [0.717, 1.165) is 25.9 Å². The summed E-state index contributed by atoms with van der Waals surface area (Å²) in [6.45, 7) is 3.83. The number of carbonyl (C=O) groups excluding carboxylic acids is 1. The van der Waals surface area contributed by atoms with Crippen LogP contribution in [-0.2, 0) is 11.3 Å². The first-order valence-corrected chi connectivity index (χ1v) is 9.18. The lowest BCUT2D eigenvalue weighted by atomic mass is 10.1. The summed E-state index contributed by atoms with van der Waals surface area (Å²) in [5, 5.41) is 13.1. The van der Waals surface area contributed by atoms with Crippen molar-refractivity contribution >= 4 is 17.7 Å². The first-order valence-electron chi connectivity index (χ1n) is 7.79. The minimum atomic E-state index is -0.849. The highest BCUT2D eigenvalue weighted by atomic mass is 32.2. The molecule has 0 radical (unpaired) electrons. The monoisotopic (exact) mass is 322 g/mol. The summed E-state index contributed by atoms with van der Waals surface area (Å²) in [5.74, 6) is 0.654. The molecule has 0 saturated carbocycles. The fraction of sp³-hybridized carbons (Fsp3) is 0.588. The number of aliphatic hydroxyl groups is 1. The number of benzene rings is 1. The van der Waals surface area contributed by atoms with Crippen molar-refractivity contribution in [3.8, 4) is 0 Å². The van der Waals surface area contributed by atoms with Gasteiger partial charge in [-0.1, -0.05) is 30.3 Å². The van der Waals surface area contributed by atoms with Crippen LogP contribution in [0.25, 0.3) is 0 Å². The van der Waals surface area contributed by atoms with E-state index in [9.17, 15) is 9.90 Å². The summed E-state index contributed by atoms with van der Waals surface area (Å²) in [7, 11) is 0. The second-order valence-corrected chi connectivity index (χ2v) is 7.13. The molecular formula is C17H26N2O2S. The third-order valence-corrected chi connectivity index (χ3v) is 4.90. The van der Waals surface area contributed by atoms with E-state index in [1.807, 2.05) is 24.5 Å². The molecule has 4 nitrogen and oxygen atoms in total. The Morgan fingerprint density at radius 2 is 2.18 bits per heavy atom. The van der Waals surface area contributed by atoms with Gasteiger partial charge in [-0.05, 0) is 38.1 Å². The Morgan fingerprint density at radius 3 is 2.86 bits per heavy atom. The summed E-state index contributed by atoms with van der Waals surface area (Å²) in [6.07, 6.45) is 3.89. The highest BCUT2D eigenvalue weighted by Crippen LogP contribution is 2.20. The van der Waals surface area contributed by atoms with Crippen LogP contribution in [0.15, 0.2) is 30.3 Å². The van der Waals surface area contributed by atoms with Crippen LogP contribution in [0, 0.1) is 0 Å². The van der Waals surface area contributed by atoms with Gasteiger partial charge in [0.05, 0.1) is 11.6 Å². The van der Waals surface area contributed by atoms with E-state index in [2.05, 4.69) is 22.3 Å². The van der Waals surface area contributed by atoms with E-state index < -0.39 is 5.60 Å². The van der Waals surface area contributed by atoms with E-state index in [4.69, 9.17) is 0 Å². The molecule has 1 aromatic carbocycles. The second kappa shape index (κ2) is 7.99. The molecule has 0 aromatic heterocycles. The van der Waals surface area contributed by atoms with Gasteiger partial charge in [-0.2, -0.15) is 11.8 Å². The van der Waals surface area contributed by atoms with Crippen molar-refractivity contribution in [2.24, 2.45) is 0 Å². The van der Waals surface area contributed by atoms with Crippen molar-refractivity contribution < 1.29 is 9.90 Å². The highest BCUT2D eigenvalue weighted by molar-refractivity contribution is 7.98. The van der Waals surface area contributed by atoms with Gasteiger partial charge in [0, 0.05) is 18.8 Å². The van der Waals surface area contributed by atoms with Crippen molar-refractivity contribution in [1.82, 2.24) is 10.2 Å². The molecule has 22 heavy (non-hydrogen) atoms. The van der Waals surface area contributed by atoms with Crippen LogP contribution in [0.2, 0.25) is 0 Å². The summed E-state index contributed by atoms with van der Waals surface area (Å²) in [5.41, 5.74) is 0.384. The fourth-order valence-electron chi connectivity index (χ4n) is 2.89. The average Bonchev–Trinajstić information content (AvgIpc) is 2.94. The van der Waals surface area contributed by atoms with E-state index in [-0.39, 0.29) is 11.9 Å². The van der Waals surface area contributed by atoms with Gasteiger partial charge in [0.1, 0.15) is 0 Å². The molecule has 5 heteroatoms. The average molecular weight is 322 g/mol. The standard InChI is InChI=1S/C17H26N2O2S/c1-17(21,13-22-2)12-18-16(20)15-9-6-10-19(15)11-14-7-4-3-5-8-14/h3-5,7-8,15,21H,6,9-13H2,1-2H3,(H,18,20). The molecule has 1 aromatic rings. The zero-order valence-corrected chi connectivity index (χ0v) is 14.2. The highest BCUT2D eigenvalue weighted by Gasteiger charge is 2.31. The van der Waals surface area contributed by atoms with E-state index in [0.29, 0.717) is 12.3 Å². The molecule has 2 rings (SSSR count). The zero-order chi connectivity index (χ0) is 16.0. The van der Waals surface area contributed by atoms with Crippen molar-refractivity contribution in [3.05, 3.63) is 35.9 Å². The van der Waals surface area contributed by atoms with Gasteiger partial charge in [-0.3, -0.25) is 9.69 Å². The summed E-state index contributed by atoms with van der Waals surface area (Å²) in [6, 6.07) is 10.2. The number of hydrogen-bond acceptors (Lipinski definition) is 4. The normalized spacial score (nSPS) is 21.5. The molecular weight excluding hydrogens is 296 g/mol. The molecule has 1 amide bonds. The molecule has 0 spiro atoms. The quantitative estimate of drug-likeness (QED) is 0.805. The SMILES string of the molecule is CSCC(C)(O)CNC(=O)C1CCCN1Cc1ccccc1.